The van der Waals surface area contributed by atoms with Crippen LogP contribution < -0.4 is 5.32 Å². The van der Waals surface area contributed by atoms with E-state index in [2.05, 4.69) is 40.0 Å². The molecule has 4 nitrogen and oxygen atoms in total. The Morgan fingerprint density at radius 2 is 2.29 bits per heavy atom. The van der Waals surface area contributed by atoms with Crippen LogP contribution in [0.5, 0.6) is 0 Å². The fourth-order valence-electron chi connectivity index (χ4n) is 3.05. The van der Waals surface area contributed by atoms with Crippen LogP contribution in [0, 0.1) is 0 Å². The summed E-state index contributed by atoms with van der Waals surface area (Å²) in [7, 11) is 0. The molecule has 0 aliphatic heterocycles. The van der Waals surface area contributed by atoms with Crippen molar-refractivity contribution in [3.63, 3.8) is 0 Å². The van der Waals surface area contributed by atoms with E-state index in [1.807, 2.05) is 12.3 Å². The van der Waals surface area contributed by atoms with Gasteiger partial charge in [-0.05, 0) is 24.0 Å². The lowest BCUT2D eigenvalue weighted by Gasteiger charge is -2.14. The number of hydrogen-bond donors (Lipinski definition) is 1. The van der Waals surface area contributed by atoms with Gasteiger partial charge in [-0.25, -0.2) is 4.98 Å². The second kappa shape index (κ2) is 6.12. The fourth-order valence-corrected chi connectivity index (χ4v) is 3.05. The normalized spacial score (nSPS) is 16.7. The van der Waals surface area contributed by atoms with Crippen molar-refractivity contribution in [2.24, 2.45) is 0 Å². The molecular weight excluding hydrogens is 262 g/mol. The molecule has 1 aromatic carbocycles. The number of nitrogens with one attached hydrogen (secondary N) is 1. The SMILES string of the molecule is CCc1nccn1CCC(=O)NC1CCc2ccccc21. The van der Waals surface area contributed by atoms with E-state index < -0.39 is 0 Å². The van der Waals surface area contributed by atoms with Gasteiger partial charge in [0.2, 0.25) is 5.91 Å². The molecule has 0 saturated heterocycles. The number of aryl methyl sites for hydroxylation is 3. The number of rotatable bonds is 5. The lowest BCUT2D eigenvalue weighted by atomic mass is 10.1. The molecule has 0 bridgehead atoms. The first kappa shape index (κ1) is 13.9. The molecule has 110 valence electrons. The maximum absolute atomic E-state index is 12.2. The van der Waals surface area contributed by atoms with Crippen molar-refractivity contribution in [3.05, 3.63) is 53.6 Å². The van der Waals surface area contributed by atoms with Crippen LogP contribution in [0.4, 0.5) is 0 Å². The standard InChI is InChI=1S/C17H21N3O/c1-2-16-18-10-12-20(16)11-9-17(21)19-15-8-7-13-5-3-4-6-14(13)15/h3-6,10,12,15H,2,7-9,11H2,1H3,(H,19,21). The zero-order valence-electron chi connectivity index (χ0n) is 12.4. The van der Waals surface area contributed by atoms with E-state index in [4.69, 9.17) is 0 Å². The van der Waals surface area contributed by atoms with Crippen LogP contribution in [0.2, 0.25) is 0 Å². The first-order valence-electron chi connectivity index (χ1n) is 7.65. The maximum Gasteiger partial charge on any atom is 0.222 e. The molecular formula is C17H21N3O. The van der Waals surface area contributed by atoms with Crippen molar-refractivity contribution >= 4 is 5.91 Å². The van der Waals surface area contributed by atoms with E-state index in [1.54, 1.807) is 6.20 Å². The fraction of sp³-hybridized carbons (Fsp3) is 0.412. The summed E-state index contributed by atoms with van der Waals surface area (Å²) in [6, 6.07) is 8.57. The Morgan fingerprint density at radius 3 is 3.14 bits per heavy atom. The largest absolute Gasteiger partial charge is 0.349 e. The van der Waals surface area contributed by atoms with E-state index in [0.29, 0.717) is 13.0 Å². The highest BCUT2D eigenvalue weighted by molar-refractivity contribution is 5.76. The Labute approximate surface area is 125 Å². The molecule has 0 fully saturated rings. The van der Waals surface area contributed by atoms with Crippen LogP contribution in [0.25, 0.3) is 0 Å². The minimum absolute atomic E-state index is 0.118. The third-order valence-corrected chi connectivity index (χ3v) is 4.17. The first-order chi connectivity index (χ1) is 10.3. The highest BCUT2D eigenvalue weighted by Crippen LogP contribution is 2.30. The van der Waals surface area contributed by atoms with E-state index in [-0.39, 0.29) is 11.9 Å². The molecule has 1 aliphatic carbocycles. The maximum atomic E-state index is 12.2. The highest BCUT2D eigenvalue weighted by Gasteiger charge is 2.23. The average molecular weight is 283 g/mol. The zero-order chi connectivity index (χ0) is 14.7. The Hall–Kier alpha value is -2.10. The van der Waals surface area contributed by atoms with Gasteiger partial charge in [-0.2, -0.15) is 0 Å². The van der Waals surface area contributed by atoms with Gasteiger partial charge in [0.15, 0.2) is 0 Å². The molecule has 1 unspecified atom stereocenters. The molecule has 1 N–H and O–H groups in total. The second-order valence-electron chi connectivity index (χ2n) is 5.50. The Kier molecular flexibility index (Phi) is 4.04. The molecule has 1 aromatic heterocycles. The number of aromatic nitrogens is 2. The van der Waals surface area contributed by atoms with E-state index in [0.717, 1.165) is 25.1 Å². The minimum Gasteiger partial charge on any atom is -0.349 e. The van der Waals surface area contributed by atoms with Gasteiger partial charge < -0.3 is 9.88 Å². The molecule has 1 aliphatic rings. The van der Waals surface area contributed by atoms with Crippen LogP contribution in [0.15, 0.2) is 36.7 Å². The number of carbonyl (C=O) groups excluding carboxylic acids is 1. The summed E-state index contributed by atoms with van der Waals surface area (Å²) < 4.78 is 2.06. The van der Waals surface area contributed by atoms with Crippen molar-refractivity contribution in [2.45, 2.75) is 45.2 Å². The van der Waals surface area contributed by atoms with Gasteiger partial charge in [-0.1, -0.05) is 31.2 Å². The summed E-state index contributed by atoms with van der Waals surface area (Å²) in [4.78, 5) is 16.4. The molecule has 1 heterocycles. The third kappa shape index (κ3) is 2.99. The highest BCUT2D eigenvalue weighted by atomic mass is 16.1. The van der Waals surface area contributed by atoms with Gasteiger partial charge >= 0.3 is 0 Å². The Bertz CT molecular complexity index is 632. The Morgan fingerprint density at radius 1 is 1.43 bits per heavy atom. The molecule has 0 radical (unpaired) electrons. The van der Waals surface area contributed by atoms with Crippen molar-refractivity contribution in [1.29, 1.82) is 0 Å². The van der Waals surface area contributed by atoms with Crippen molar-refractivity contribution in [3.8, 4) is 0 Å². The van der Waals surface area contributed by atoms with Crippen LogP contribution in [-0.2, 0) is 24.2 Å². The van der Waals surface area contributed by atoms with Crippen LogP contribution in [0.1, 0.15) is 42.8 Å². The molecule has 1 amide bonds. The van der Waals surface area contributed by atoms with Crippen LogP contribution >= 0.6 is 0 Å². The number of fused-ring (bicyclic) bond motifs is 1. The average Bonchev–Trinajstić information content (AvgIpc) is 3.12. The summed E-state index contributed by atoms with van der Waals surface area (Å²) >= 11 is 0. The van der Waals surface area contributed by atoms with Crippen LogP contribution in [-0.4, -0.2) is 15.5 Å². The molecule has 3 rings (SSSR count). The summed E-state index contributed by atoms with van der Waals surface area (Å²) in [6.45, 7) is 2.78. The topological polar surface area (TPSA) is 46.9 Å². The number of benzene rings is 1. The number of imidazole rings is 1. The van der Waals surface area contributed by atoms with E-state index in [9.17, 15) is 4.79 Å². The minimum atomic E-state index is 0.118. The van der Waals surface area contributed by atoms with Gasteiger partial charge in [0.25, 0.3) is 0 Å². The van der Waals surface area contributed by atoms with Gasteiger partial charge in [-0.3, -0.25) is 4.79 Å². The Balaban J connectivity index is 1.56. The summed E-state index contributed by atoms with van der Waals surface area (Å²) in [5, 5.41) is 3.16. The smallest absolute Gasteiger partial charge is 0.222 e. The molecule has 21 heavy (non-hydrogen) atoms. The van der Waals surface area contributed by atoms with E-state index >= 15 is 0 Å². The number of carbonyl (C=O) groups is 1. The van der Waals surface area contributed by atoms with Gasteiger partial charge in [0, 0.05) is 31.8 Å². The van der Waals surface area contributed by atoms with Gasteiger partial charge in [0.05, 0.1) is 6.04 Å². The quantitative estimate of drug-likeness (QED) is 0.917. The lowest BCUT2D eigenvalue weighted by Crippen LogP contribution is -2.28. The van der Waals surface area contributed by atoms with Crippen molar-refractivity contribution < 1.29 is 4.79 Å². The summed E-state index contributed by atoms with van der Waals surface area (Å²) in [5.74, 6) is 1.15. The van der Waals surface area contributed by atoms with Crippen molar-refractivity contribution in [2.75, 3.05) is 0 Å². The first-order valence-corrected chi connectivity index (χ1v) is 7.65. The van der Waals surface area contributed by atoms with Crippen LogP contribution in [0.3, 0.4) is 0 Å². The van der Waals surface area contributed by atoms with Gasteiger partial charge in [-0.15, -0.1) is 0 Å². The second-order valence-corrected chi connectivity index (χ2v) is 5.50. The molecule has 1 atom stereocenters. The third-order valence-electron chi connectivity index (χ3n) is 4.17. The van der Waals surface area contributed by atoms with E-state index in [1.165, 1.54) is 11.1 Å². The summed E-state index contributed by atoms with van der Waals surface area (Å²) in [5.41, 5.74) is 2.65. The van der Waals surface area contributed by atoms with Gasteiger partial charge in [0.1, 0.15) is 5.82 Å². The zero-order valence-corrected chi connectivity index (χ0v) is 12.4. The lowest BCUT2D eigenvalue weighted by molar-refractivity contribution is -0.122. The predicted octanol–water partition coefficient (Wildman–Crippen LogP) is 2.64. The monoisotopic (exact) mass is 283 g/mol. The summed E-state index contributed by atoms with van der Waals surface area (Å²) in [6.07, 6.45) is 7.20. The molecule has 0 saturated carbocycles. The molecule has 0 spiro atoms. The van der Waals surface area contributed by atoms with Crippen molar-refractivity contribution in [1.82, 2.24) is 14.9 Å². The predicted molar refractivity (Wildman–Crippen MR) is 81.9 cm³/mol. The number of amides is 1. The molecule has 4 heteroatoms. The number of nitrogens with zero attached hydrogens (tertiary/aromatic N) is 2. The number of hydrogen-bond acceptors (Lipinski definition) is 2. The molecule has 2 aromatic rings.